The first-order valence-electron chi connectivity index (χ1n) is 9.36. The number of nitrogens with zero attached hydrogens (tertiary/aromatic N) is 4. The summed E-state index contributed by atoms with van der Waals surface area (Å²) >= 11 is 0. The largest absolute Gasteiger partial charge is 0.398 e. The van der Waals surface area contributed by atoms with E-state index < -0.39 is 11.7 Å². The highest BCUT2D eigenvalue weighted by Gasteiger charge is 2.45. The standard InChI is InChI=1S/C20H21N5O3/c1-2-3-9-20(22-23-20)10-11-24-17(26)8-7-16(19(24)28)25-12-14-13(18(25)27)5-4-6-15(14)21/h1,4-6,16H,3,7-12,21H2. The number of hydrogen-bond acceptors (Lipinski definition) is 6. The third-order valence-electron chi connectivity index (χ3n) is 5.68. The number of amides is 3. The van der Waals surface area contributed by atoms with Crippen LogP contribution < -0.4 is 5.73 Å². The molecule has 1 fully saturated rings. The molecule has 1 unspecified atom stereocenters. The van der Waals surface area contributed by atoms with Gasteiger partial charge in [0.2, 0.25) is 5.91 Å². The van der Waals surface area contributed by atoms with Crippen LogP contribution in [-0.2, 0) is 16.1 Å². The molecule has 0 aliphatic carbocycles. The quantitative estimate of drug-likeness (QED) is 0.461. The van der Waals surface area contributed by atoms with Crippen molar-refractivity contribution < 1.29 is 14.4 Å². The number of likely N-dealkylation sites (tertiary alicyclic amines) is 1. The lowest BCUT2D eigenvalue weighted by molar-refractivity contribution is -0.152. The number of fused-ring (bicyclic) bond motifs is 1. The van der Waals surface area contributed by atoms with E-state index >= 15 is 0 Å². The number of carbonyl (C=O) groups is 3. The predicted molar refractivity (Wildman–Crippen MR) is 101 cm³/mol. The van der Waals surface area contributed by atoms with Crippen molar-refractivity contribution in [3.05, 3.63) is 29.3 Å². The number of anilines is 1. The zero-order valence-corrected chi connectivity index (χ0v) is 15.4. The van der Waals surface area contributed by atoms with Gasteiger partial charge in [-0.05, 0) is 18.6 Å². The van der Waals surface area contributed by atoms with Gasteiger partial charge in [0, 0.05) is 55.6 Å². The molecule has 0 saturated carbocycles. The van der Waals surface area contributed by atoms with Crippen LogP contribution in [0.1, 0.15) is 48.0 Å². The minimum absolute atomic E-state index is 0.215. The van der Waals surface area contributed by atoms with Crippen molar-refractivity contribution in [2.75, 3.05) is 12.3 Å². The minimum Gasteiger partial charge on any atom is -0.398 e. The second-order valence-corrected chi connectivity index (χ2v) is 7.38. The Balaban J connectivity index is 1.46. The smallest absolute Gasteiger partial charge is 0.255 e. The van der Waals surface area contributed by atoms with Gasteiger partial charge >= 0.3 is 0 Å². The summed E-state index contributed by atoms with van der Waals surface area (Å²) in [6, 6.07) is 4.53. The van der Waals surface area contributed by atoms with E-state index in [1.54, 1.807) is 18.2 Å². The van der Waals surface area contributed by atoms with Crippen molar-refractivity contribution in [2.24, 2.45) is 10.2 Å². The summed E-state index contributed by atoms with van der Waals surface area (Å²) in [5, 5.41) is 8.11. The van der Waals surface area contributed by atoms with Crippen molar-refractivity contribution in [2.45, 2.75) is 50.4 Å². The Morgan fingerprint density at radius 2 is 2.04 bits per heavy atom. The first kappa shape index (κ1) is 18.2. The summed E-state index contributed by atoms with van der Waals surface area (Å²) < 4.78 is 0. The van der Waals surface area contributed by atoms with E-state index in [1.165, 1.54) is 9.80 Å². The summed E-state index contributed by atoms with van der Waals surface area (Å²) in [4.78, 5) is 41.0. The van der Waals surface area contributed by atoms with E-state index in [1.807, 2.05) is 0 Å². The summed E-state index contributed by atoms with van der Waals surface area (Å²) in [5.74, 6) is 1.78. The normalized spacial score (nSPS) is 22.4. The summed E-state index contributed by atoms with van der Waals surface area (Å²) in [5.41, 5.74) is 7.24. The molecule has 0 aromatic heterocycles. The first-order chi connectivity index (χ1) is 13.5. The van der Waals surface area contributed by atoms with Crippen LogP contribution in [0.25, 0.3) is 0 Å². The monoisotopic (exact) mass is 379 g/mol. The van der Waals surface area contributed by atoms with E-state index in [0.29, 0.717) is 36.9 Å². The van der Waals surface area contributed by atoms with E-state index in [4.69, 9.17) is 12.2 Å². The minimum atomic E-state index is -0.660. The van der Waals surface area contributed by atoms with E-state index in [2.05, 4.69) is 16.1 Å². The van der Waals surface area contributed by atoms with Crippen LogP contribution in [-0.4, -0.2) is 45.8 Å². The zero-order chi connectivity index (χ0) is 19.9. The van der Waals surface area contributed by atoms with E-state index in [0.717, 1.165) is 5.56 Å². The number of carbonyl (C=O) groups excluding carboxylic acids is 3. The molecule has 1 atom stereocenters. The molecule has 1 aromatic rings. The maximum Gasteiger partial charge on any atom is 0.255 e. The fraction of sp³-hybridized carbons (Fsp3) is 0.450. The Morgan fingerprint density at radius 1 is 1.25 bits per heavy atom. The number of benzene rings is 1. The number of terminal acetylenes is 1. The highest BCUT2D eigenvalue weighted by molar-refractivity contribution is 6.06. The Labute approximate surface area is 162 Å². The van der Waals surface area contributed by atoms with Crippen molar-refractivity contribution in [3.8, 4) is 12.3 Å². The topological polar surface area (TPSA) is 108 Å². The van der Waals surface area contributed by atoms with Gasteiger partial charge in [0.25, 0.3) is 11.8 Å². The lowest BCUT2D eigenvalue weighted by Crippen LogP contribution is -2.55. The zero-order valence-electron chi connectivity index (χ0n) is 15.4. The number of piperidine rings is 1. The van der Waals surface area contributed by atoms with Crippen LogP contribution in [0, 0.1) is 12.3 Å². The van der Waals surface area contributed by atoms with E-state index in [-0.39, 0.29) is 37.2 Å². The second kappa shape index (κ2) is 6.75. The molecule has 3 aliphatic rings. The molecule has 3 heterocycles. The van der Waals surface area contributed by atoms with Gasteiger partial charge in [-0.1, -0.05) is 6.07 Å². The molecule has 28 heavy (non-hydrogen) atoms. The molecule has 2 N–H and O–H groups in total. The van der Waals surface area contributed by atoms with Gasteiger partial charge < -0.3 is 10.6 Å². The highest BCUT2D eigenvalue weighted by atomic mass is 16.2. The molecule has 8 heteroatoms. The van der Waals surface area contributed by atoms with Crippen LogP contribution in [0.4, 0.5) is 5.69 Å². The molecule has 3 aliphatic heterocycles. The molecule has 1 aromatic carbocycles. The summed E-state index contributed by atoms with van der Waals surface area (Å²) in [6.45, 7) is 0.513. The van der Waals surface area contributed by atoms with Crippen LogP contribution in [0.2, 0.25) is 0 Å². The Hall–Kier alpha value is -3.21. The van der Waals surface area contributed by atoms with Gasteiger partial charge in [0.15, 0.2) is 5.66 Å². The molecule has 0 radical (unpaired) electrons. The lowest BCUT2D eigenvalue weighted by Gasteiger charge is -2.35. The number of hydrogen-bond donors (Lipinski definition) is 1. The molecule has 0 bridgehead atoms. The van der Waals surface area contributed by atoms with Crippen LogP contribution in [0.5, 0.6) is 0 Å². The maximum atomic E-state index is 13.0. The first-order valence-corrected chi connectivity index (χ1v) is 9.36. The molecule has 8 nitrogen and oxygen atoms in total. The van der Waals surface area contributed by atoms with E-state index in [9.17, 15) is 14.4 Å². The number of rotatable bonds is 6. The van der Waals surface area contributed by atoms with Crippen molar-refractivity contribution in [3.63, 3.8) is 0 Å². The molecular weight excluding hydrogens is 358 g/mol. The molecule has 1 saturated heterocycles. The lowest BCUT2D eigenvalue weighted by atomic mass is 9.99. The third kappa shape index (κ3) is 3.03. The van der Waals surface area contributed by atoms with Gasteiger partial charge in [-0.2, -0.15) is 10.2 Å². The average molecular weight is 379 g/mol. The number of nitrogens with two attached hydrogens (primary N) is 1. The maximum absolute atomic E-state index is 13.0. The molecule has 4 rings (SSSR count). The van der Waals surface area contributed by atoms with Gasteiger partial charge in [-0.15, -0.1) is 12.3 Å². The number of imide groups is 1. The summed E-state index contributed by atoms with van der Waals surface area (Å²) in [6.07, 6.45) is 7.45. The number of nitrogen functional groups attached to an aromatic ring is 1. The van der Waals surface area contributed by atoms with Gasteiger partial charge in [0.1, 0.15) is 6.04 Å². The van der Waals surface area contributed by atoms with Crippen molar-refractivity contribution in [1.29, 1.82) is 0 Å². The molecular formula is C20H21N5O3. The van der Waals surface area contributed by atoms with Crippen LogP contribution >= 0.6 is 0 Å². The Kier molecular flexibility index (Phi) is 4.38. The van der Waals surface area contributed by atoms with Crippen LogP contribution in [0.3, 0.4) is 0 Å². The Morgan fingerprint density at radius 3 is 2.71 bits per heavy atom. The SMILES string of the molecule is C#CCCC1(CCN2C(=O)CCC(N3Cc4c(N)cccc4C3=O)C2=O)N=N1. The van der Waals surface area contributed by atoms with Gasteiger partial charge in [0.05, 0.1) is 0 Å². The molecule has 144 valence electrons. The fourth-order valence-corrected chi connectivity index (χ4v) is 3.93. The van der Waals surface area contributed by atoms with Crippen LogP contribution in [0.15, 0.2) is 28.4 Å². The van der Waals surface area contributed by atoms with Crippen molar-refractivity contribution >= 4 is 23.4 Å². The third-order valence-corrected chi connectivity index (χ3v) is 5.68. The van der Waals surface area contributed by atoms with Gasteiger partial charge in [-0.3, -0.25) is 19.3 Å². The second-order valence-electron chi connectivity index (χ2n) is 7.38. The predicted octanol–water partition coefficient (Wildman–Crippen LogP) is 1.71. The average Bonchev–Trinajstić information content (AvgIpc) is 3.37. The molecule has 3 amide bonds. The summed E-state index contributed by atoms with van der Waals surface area (Å²) in [7, 11) is 0. The molecule has 0 spiro atoms. The van der Waals surface area contributed by atoms with Crippen molar-refractivity contribution in [1.82, 2.24) is 9.80 Å². The highest BCUT2D eigenvalue weighted by Crippen LogP contribution is 2.37. The Bertz CT molecular complexity index is 926. The van der Waals surface area contributed by atoms with Gasteiger partial charge in [-0.25, -0.2) is 0 Å². The fourth-order valence-electron chi connectivity index (χ4n) is 3.93.